The lowest BCUT2D eigenvalue weighted by Crippen LogP contribution is -2.28. The van der Waals surface area contributed by atoms with Crippen molar-refractivity contribution in [3.8, 4) is 5.95 Å². The summed E-state index contributed by atoms with van der Waals surface area (Å²) in [5, 5.41) is 0. The third-order valence-corrected chi connectivity index (χ3v) is 1.53. The molecule has 2 N–H and O–H groups in total. The van der Waals surface area contributed by atoms with Crippen LogP contribution in [-0.4, -0.2) is 13.3 Å². The number of rotatable bonds is 2. The maximum Gasteiger partial charge on any atom is 0.407 e. The van der Waals surface area contributed by atoms with E-state index in [9.17, 15) is 13.2 Å². The first kappa shape index (κ1) is 9.91. The lowest BCUT2D eigenvalue weighted by atomic mass is 10.1. The van der Waals surface area contributed by atoms with Crippen molar-refractivity contribution in [2.45, 2.75) is 12.2 Å². The van der Waals surface area contributed by atoms with Gasteiger partial charge in [0.2, 0.25) is 0 Å². The molecule has 3 nitrogen and oxygen atoms in total. The average Bonchev–Trinajstić information content (AvgIpc) is 2.48. The summed E-state index contributed by atoms with van der Waals surface area (Å²) in [5.74, 6) is -0.204. The van der Waals surface area contributed by atoms with E-state index in [4.69, 9.17) is 5.73 Å². The minimum atomic E-state index is -4.49. The van der Waals surface area contributed by atoms with E-state index >= 15 is 0 Å². The number of hydrogen-bond acceptors (Lipinski definition) is 3. The number of halogens is 3. The van der Waals surface area contributed by atoms with Crippen LogP contribution in [-0.2, 0) is 0 Å². The van der Waals surface area contributed by atoms with Gasteiger partial charge in [-0.1, -0.05) is 0 Å². The molecule has 1 atom stereocenters. The second kappa shape index (κ2) is 3.29. The summed E-state index contributed by atoms with van der Waals surface area (Å²) < 4.78 is 45.5. The Balaban J connectivity index is 2.94. The Morgan fingerprint density at radius 2 is 2.15 bits per heavy atom. The summed E-state index contributed by atoms with van der Waals surface area (Å²) in [6.45, 7) is 0. The molecule has 1 aromatic heterocycles. The largest absolute Gasteiger partial charge is 0.468 e. The number of ether oxygens (including phenoxy) is 1. The summed E-state index contributed by atoms with van der Waals surface area (Å²) in [6, 6.07) is -0.932. The molecular formula is C7H8F3NO2. The number of alkyl halides is 3. The second-order valence-electron chi connectivity index (χ2n) is 2.39. The lowest BCUT2D eigenvalue weighted by molar-refractivity contribution is -0.149. The Kier molecular flexibility index (Phi) is 2.51. The van der Waals surface area contributed by atoms with E-state index in [2.05, 4.69) is 9.15 Å². The predicted octanol–water partition coefficient (Wildman–Crippen LogP) is 1.85. The first-order valence-electron chi connectivity index (χ1n) is 3.40. The van der Waals surface area contributed by atoms with E-state index in [1.165, 1.54) is 7.11 Å². The Morgan fingerprint density at radius 3 is 2.62 bits per heavy atom. The number of methoxy groups -OCH3 is 1. The topological polar surface area (TPSA) is 48.4 Å². The van der Waals surface area contributed by atoms with Gasteiger partial charge in [-0.2, -0.15) is 13.2 Å². The third-order valence-electron chi connectivity index (χ3n) is 1.53. The molecule has 0 aliphatic rings. The van der Waals surface area contributed by atoms with Gasteiger partial charge in [-0.3, -0.25) is 0 Å². The van der Waals surface area contributed by atoms with E-state index in [1.807, 2.05) is 0 Å². The highest BCUT2D eigenvalue weighted by molar-refractivity contribution is 5.27. The number of nitrogens with two attached hydrogens (primary N) is 1. The van der Waals surface area contributed by atoms with Crippen molar-refractivity contribution in [2.24, 2.45) is 5.73 Å². The minimum absolute atomic E-state index is 0.199. The maximum atomic E-state index is 12.1. The van der Waals surface area contributed by atoms with Crippen molar-refractivity contribution in [3.05, 3.63) is 17.9 Å². The molecule has 0 spiro atoms. The summed E-state index contributed by atoms with van der Waals surface area (Å²) in [4.78, 5) is 0. The molecule has 1 aromatic rings. The quantitative estimate of drug-likeness (QED) is 0.783. The van der Waals surface area contributed by atoms with Crippen molar-refractivity contribution in [2.75, 3.05) is 7.11 Å². The third kappa shape index (κ3) is 1.95. The standard InChI is InChI=1S/C7H8F3NO2/c1-12-6-4(2-3-13-6)5(11)7(8,9)10/h2-3,5H,11H2,1H3/t5-/m0/s1. The smallest absolute Gasteiger partial charge is 0.407 e. The molecule has 0 radical (unpaired) electrons. The fourth-order valence-electron chi connectivity index (χ4n) is 0.878. The molecule has 0 saturated carbocycles. The van der Waals surface area contributed by atoms with Crippen LogP contribution >= 0.6 is 0 Å². The SMILES string of the molecule is COc1occc1[C@H](N)C(F)(F)F. The molecular weight excluding hydrogens is 187 g/mol. The number of hydrogen-bond donors (Lipinski definition) is 1. The highest BCUT2D eigenvalue weighted by atomic mass is 19.4. The zero-order chi connectivity index (χ0) is 10.1. The molecule has 0 aromatic carbocycles. The summed E-state index contributed by atoms with van der Waals surface area (Å²) in [5.41, 5.74) is 4.73. The molecule has 0 aliphatic heterocycles. The van der Waals surface area contributed by atoms with Gasteiger partial charge in [0, 0.05) is 0 Å². The van der Waals surface area contributed by atoms with Crippen molar-refractivity contribution in [3.63, 3.8) is 0 Å². The molecule has 74 valence electrons. The molecule has 13 heavy (non-hydrogen) atoms. The van der Waals surface area contributed by atoms with Crippen LogP contribution in [0.4, 0.5) is 13.2 Å². The molecule has 1 heterocycles. The van der Waals surface area contributed by atoms with Gasteiger partial charge in [-0.25, -0.2) is 0 Å². The molecule has 0 unspecified atom stereocenters. The highest BCUT2D eigenvalue weighted by Gasteiger charge is 2.40. The monoisotopic (exact) mass is 195 g/mol. The van der Waals surface area contributed by atoms with Crippen LogP contribution in [0.2, 0.25) is 0 Å². The van der Waals surface area contributed by atoms with Gasteiger partial charge in [0.25, 0.3) is 5.95 Å². The van der Waals surface area contributed by atoms with Gasteiger partial charge in [-0.15, -0.1) is 0 Å². The normalized spacial score (nSPS) is 14.2. The van der Waals surface area contributed by atoms with Gasteiger partial charge in [-0.05, 0) is 6.07 Å². The summed E-state index contributed by atoms with van der Waals surface area (Å²) >= 11 is 0. The second-order valence-corrected chi connectivity index (χ2v) is 2.39. The van der Waals surface area contributed by atoms with Gasteiger partial charge < -0.3 is 14.9 Å². The van der Waals surface area contributed by atoms with Crippen molar-refractivity contribution < 1.29 is 22.3 Å². The fraction of sp³-hybridized carbons (Fsp3) is 0.429. The maximum absolute atomic E-state index is 12.1. The van der Waals surface area contributed by atoms with Crippen LogP contribution in [0.25, 0.3) is 0 Å². The van der Waals surface area contributed by atoms with Gasteiger partial charge >= 0.3 is 6.18 Å². The van der Waals surface area contributed by atoms with Crippen LogP contribution in [0.15, 0.2) is 16.7 Å². The van der Waals surface area contributed by atoms with Crippen LogP contribution in [0, 0.1) is 0 Å². The van der Waals surface area contributed by atoms with E-state index < -0.39 is 12.2 Å². The fourth-order valence-corrected chi connectivity index (χ4v) is 0.878. The summed E-state index contributed by atoms with van der Waals surface area (Å²) in [7, 11) is 1.21. The van der Waals surface area contributed by atoms with E-state index in [0.29, 0.717) is 0 Å². The van der Waals surface area contributed by atoms with Crippen molar-refractivity contribution in [1.82, 2.24) is 0 Å². The Morgan fingerprint density at radius 1 is 1.54 bits per heavy atom. The van der Waals surface area contributed by atoms with Gasteiger partial charge in [0.05, 0.1) is 18.9 Å². The van der Waals surface area contributed by atoms with Crippen LogP contribution in [0.5, 0.6) is 5.95 Å². The van der Waals surface area contributed by atoms with E-state index in [-0.39, 0.29) is 11.5 Å². The first-order chi connectivity index (χ1) is 5.96. The van der Waals surface area contributed by atoms with Crippen LogP contribution in [0.1, 0.15) is 11.6 Å². The zero-order valence-corrected chi connectivity index (χ0v) is 6.76. The van der Waals surface area contributed by atoms with Crippen LogP contribution < -0.4 is 10.5 Å². The Bertz CT molecular complexity index is 282. The Hall–Kier alpha value is -1.17. The Labute approximate surface area is 72.3 Å². The predicted molar refractivity (Wildman–Crippen MR) is 38.2 cm³/mol. The van der Waals surface area contributed by atoms with Crippen LogP contribution in [0.3, 0.4) is 0 Å². The number of furan rings is 1. The van der Waals surface area contributed by atoms with Gasteiger partial charge in [0.15, 0.2) is 0 Å². The van der Waals surface area contributed by atoms with E-state index in [0.717, 1.165) is 12.3 Å². The highest BCUT2D eigenvalue weighted by Crippen LogP contribution is 2.35. The molecule has 0 amide bonds. The summed E-state index contributed by atoms with van der Waals surface area (Å²) in [6.07, 6.45) is -3.39. The van der Waals surface area contributed by atoms with Crippen molar-refractivity contribution in [1.29, 1.82) is 0 Å². The van der Waals surface area contributed by atoms with Gasteiger partial charge in [0.1, 0.15) is 6.04 Å². The average molecular weight is 195 g/mol. The molecule has 0 fully saturated rings. The lowest BCUT2D eigenvalue weighted by Gasteiger charge is -2.14. The first-order valence-corrected chi connectivity index (χ1v) is 3.40. The molecule has 0 aliphatic carbocycles. The molecule has 0 saturated heterocycles. The molecule has 0 bridgehead atoms. The molecule has 1 rings (SSSR count). The van der Waals surface area contributed by atoms with E-state index in [1.54, 1.807) is 0 Å². The zero-order valence-electron chi connectivity index (χ0n) is 6.76. The van der Waals surface area contributed by atoms with Crippen molar-refractivity contribution >= 4 is 0 Å². The minimum Gasteiger partial charge on any atom is -0.468 e. The molecule has 6 heteroatoms.